The number of piperidine rings is 1. The molecule has 4 rings (SSSR count). The molecule has 1 amide bonds. The van der Waals surface area contributed by atoms with E-state index in [1.165, 1.54) is 6.07 Å². The fraction of sp³-hybridized carbons (Fsp3) is 0.400. The Morgan fingerprint density at radius 3 is 2.62 bits per heavy atom. The normalized spacial score (nSPS) is 15.2. The summed E-state index contributed by atoms with van der Waals surface area (Å²) in [7, 11) is 0. The van der Waals surface area contributed by atoms with Gasteiger partial charge in [-0.1, -0.05) is 30.3 Å². The van der Waals surface area contributed by atoms with Crippen molar-refractivity contribution in [3.8, 4) is 0 Å². The van der Waals surface area contributed by atoms with E-state index in [1.807, 2.05) is 36.4 Å². The first kappa shape index (κ1) is 22.1. The lowest BCUT2D eigenvalue weighted by atomic mass is 9.96. The third-order valence-electron chi connectivity index (χ3n) is 6.22. The first-order valence-corrected chi connectivity index (χ1v) is 11.2. The van der Waals surface area contributed by atoms with Crippen LogP contribution in [0.1, 0.15) is 30.5 Å². The average Bonchev–Trinajstić information content (AvgIpc) is 2.80. The highest BCUT2D eigenvalue weighted by Crippen LogP contribution is 2.19. The van der Waals surface area contributed by atoms with Gasteiger partial charge in [0.1, 0.15) is 11.5 Å². The summed E-state index contributed by atoms with van der Waals surface area (Å²) in [6, 6.07) is 14.4. The lowest BCUT2D eigenvalue weighted by Crippen LogP contribution is -2.38. The number of hydrogen-bond acceptors (Lipinski definition) is 4. The Morgan fingerprint density at radius 2 is 1.84 bits per heavy atom. The molecule has 0 unspecified atom stereocenters. The maximum Gasteiger partial charge on any atom is 0.272 e. The molecular formula is C25H29FN4O2. The molecule has 0 aliphatic carbocycles. The molecule has 7 heteroatoms. The summed E-state index contributed by atoms with van der Waals surface area (Å²) in [4.78, 5) is 31.6. The molecule has 2 aromatic carbocycles. The molecule has 168 valence electrons. The highest BCUT2D eigenvalue weighted by molar-refractivity contribution is 5.77. The minimum atomic E-state index is -0.154. The van der Waals surface area contributed by atoms with Crippen molar-refractivity contribution in [1.29, 1.82) is 0 Å². The summed E-state index contributed by atoms with van der Waals surface area (Å²) in [6.45, 7) is 5.08. The molecule has 0 saturated carbocycles. The maximum absolute atomic E-state index is 13.9. The van der Waals surface area contributed by atoms with E-state index in [4.69, 9.17) is 0 Å². The van der Waals surface area contributed by atoms with Gasteiger partial charge in [0.15, 0.2) is 0 Å². The molecule has 0 bridgehead atoms. The lowest BCUT2D eigenvalue weighted by Gasteiger charge is -2.32. The van der Waals surface area contributed by atoms with Crippen LogP contribution < -0.4 is 10.9 Å². The Labute approximate surface area is 187 Å². The third-order valence-corrected chi connectivity index (χ3v) is 6.22. The van der Waals surface area contributed by atoms with Crippen LogP contribution in [0.15, 0.2) is 53.3 Å². The Balaban J connectivity index is 1.24. The van der Waals surface area contributed by atoms with Gasteiger partial charge in [0.25, 0.3) is 5.56 Å². The zero-order chi connectivity index (χ0) is 22.5. The van der Waals surface area contributed by atoms with E-state index < -0.39 is 0 Å². The van der Waals surface area contributed by atoms with Gasteiger partial charge in [-0.2, -0.15) is 0 Å². The molecule has 0 spiro atoms. The maximum atomic E-state index is 13.9. The molecule has 1 N–H and O–H groups in total. The van der Waals surface area contributed by atoms with Gasteiger partial charge in [-0.05, 0) is 57.0 Å². The number of benzene rings is 2. The van der Waals surface area contributed by atoms with E-state index in [0.717, 1.165) is 42.5 Å². The topological polar surface area (TPSA) is 67.2 Å². The predicted molar refractivity (Wildman–Crippen MR) is 123 cm³/mol. The van der Waals surface area contributed by atoms with E-state index in [1.54, 1.807) is 17.6 Å². The molecule has 1 fully saturated rings. The zero-order valence-electron chi connectivity index (χ0n) is 18.4. The Kier molecular flexibility index (Phi) is 6.95. The molecule has 32 heavy (non-hydrogen) atoms. The monoisotopic (exact) mass is 436 g/mol. The van der Waals surface area contributed by atoms with Gasteiger partial charge in [0.2, 0.25) is 5.91 Å². The van der Waals surface area contributed by atoms with Crippen LogP contribution in [0.2, 0.25) is 0 Å². The van der Waals surface area contributed by atoms with Crippen molar-refractivity contribution in [2.45, 2.75) is 39.3 Å². The van der Waals surface area contributed by atoms with Crippen LogP contribution in [0, 0.1) is 18.7 Å². The van der Waals surface area contributed by atoms with Crippen LogP contribution in [0.5, 0.6) is 0 Å². The summed E-state index contributed by atoms with van der Waals surface area (Å²) in [6.07, 6.45) is 2.20. The smallest absolute Gasteiger partial charge is 0.272 e. The van der Waals surface area contributed by atoms with Crippen LogP contribution in [0.4, 0.5) is 4.39 Å². The molecule has 6 nitrogen and oxygen atoms in total. The number of aryl methyl sites for hydroxylation is 2. The third kappa shape index (κ3) is 5.22. The van der Waals surface area contributed by atoms with Gasteiger partial charge in [0.05, 0.1) is 11.0 Å². The van der Waals surface area contributed by atoms with Gasteiger partial charge < -0.3 is 9.88 Å². The lowest BCUT2D eigenvalue weighted by molar-refractivity contribution is -0.121. The minimum Gasteiger partial charge on any atom is -0.356 e. The van der Waals surface area contributed by atoms with Crippen LogP contribution in [-0.4, -0.2) is 40.0 Å². The molecule has 1 aliphatic heterocycles. The van der Waals surface area contributed by atoms with Gasteiger partial charge in [-0.15, -0.1) is 0 Å². The van der Waals surface area contributed by atoms with E-state index in [-0.39, 0.29) is 23.7 Å². The van der Waals surface area contributed by atoms with Crippen LogP contribution in [0.3, 0.4) is 0 Å². The predicted octanol–water partition coefficient (Wildman–Crippen LogP) is 3.26. The van der Waals surface area contributed by atoms with Crippen LogP contribution in [0.25, 0.3) is 11.0 Å². The number of hydrogen-bond donors (Lipinski definition) is 1. The number of carbonyl (C=O) groups is 1. The second-order valence-corrected chi connectivity index (χ2v) is 8.51. The summed E-state index contributed by atoms with van der Waals surface area (Å²) in [5.41, 5.74) is 2.52. The second kappa shape index (κ2) is 10.0. The van der Waals surface area contributed by atoms with Crippen molar-refractivity contribution in [3.63, 3.8) is 0 Å². The number of carbonyl (C=O) groups excluding carboxylic acids is 1. The molecule has 0 atom stereocenters. The number of rotatable bonds is 7. The van der Waals surface area contributed by atoms with Crippen molar-refractivity contribution in [2.24, 2.45) is 5.92 Å². The number of halogens is 1. The van der Waals surface area contributed by atoms with Crippen LogP contribution in [-0.2, 0) is 17.9 Å². The van der Waals surface area contributed by atoms with E-state index in [0.29, 0.717) is 31.2 Å². The fourth-order valence-electron chi connectivity index (χ4n) is 4.32. The summed E-state index contributed by atoms with van der Waals surface area (Å²) < 4.78 is 15.5. The Bertz CT molecular complexity index is 1150. The summed E-state index contributed by atoms with van der Waals surface area (Å²) >= 11 is 0. The molecule has 1 aromatic heterocycles. The number of nitrogens with one attached hydrogen (secondary N) is 1. The molecular weight excluding hydrogens is 407 g/mol. The number of para-hydroxylation sites is 2. The van der Waals surface area contributed by atoms with E-state index >= 15 is 0 Å². The average molecular weight is 437 g/mol. The van der Waals surface area contributed by atoms with E-state index in [2.05, 4.69) is 15.2 Å². The van der Waals surface area contributed by atoms with Gasteiger partial charge in [0, 0.05) is 31.6 Å². The molecule has 1 aliphatic rings. The first-order chi connectivity index (χ1) is 15.5. The van der Waals surface area contributed by atoms with Crippen molar-refractivity contribution >= 4 is 16.9 Å². The summed E-state index contributed by atoms with van der Waals surface area (Å²) in [5, 5.41) is 3.03. The molecule has 2 heterocycles. The first-order valence-electron chi connectivity index (χ1n) is 11.2. The Hall–Kier alpha value is -3.06. The van der Waals surface area contributed by atoms with Crippen molar-refractivity contribution in [2.75, 3.05) is 19.6 Å². The van der Waals surface area contributed by atoms with Crippen molar-refractivity contribution in [1.82, 2.24) is 19.8 Å². The number of aromatic nitrogens is 2. The van der Waals surface area contributed by atoms with Crippen LogP contribution >= 0.6 is 0 Å². The largest absolute Gasteiger partial charge is 0.356 e. The Morgan fingerprint density at radius 1 is 1.12 bits per heavy atom. The number of nitrogens with zero attached hydrogens (tertiary/aromatic N) is 3. The van der Waals surface area contributed by atoms with Crippen molar-refractivity contribution in [3.05, 3.63) is 76.0 Å². The number of likely N-dealkylation sites (tertiary alicyclic amines) is 1. The van der Waals surface area contributed by atoms with Gasteiger partial charge >= 0.3 is 0 Å². The number of fused-ring (bicyclic) bond motifs is 1. The van der Waals surface area contributed by atoms with Gasteiger partial charge in [-0.25, -0.2) is 9.37 Å². The fourth-order valence-corrected chi connectivity index (χ4v) is 4.32. The number of amides is 1. The molecule has 3 aromatic rings. The zero-order valence-corrected chi connectivity index (χ0v) is 18.4. The standard InChI is InChI=1S/C25H29FN4O2/c1-18-25(32)30(23-9-5-4-8-22(23)28-18)15-12-24(31)27-16-19-10-13-29(14-11-19)17-20-6-2-3-7-21(20)26/h2-9,19H,10-17H2,1H3,(H,27,31). The highest BCUT2D eigenvalue weighted by Gasteiger charge is 2.20. The van der Waals surface area contributed by atoms with E-state index in [9.17, 15) is 14.0 Å². The second-order valence-electron chi connectivity index (χ2n) is 8.51. The minimum absolute atomic E-state index is 0.0516. The SMILES string of the molecule is Cc1nc2ccccc2n(CCC(=O)NCC2CCN(Cc3ccccc3F)CC2)c1=O. The highest BCUT2D eigenvalue weighted by atomic mass is 19.1. The van der Waals surface area contributed by atoms with Crippen molar-refractivity contribution < 1.29 is 9.18 Å². The summed E-state index contributed by atoms with van der Waals surface area (Å²) in [5.74, 6) is 0.213. The molecule has 1 saturated heterocycles. The quantitative estimate of drug-likeness (QED) is 0.617. The molecule has 0 radical (unpaired) electrons. The van der Waals surface area contributed by atoms with Gasteiger partial charge in [-0.3, -0.25) is 14.5 Å².